The molecule has 0 aromatic heterocycles. The van der Waals surface area contributed by atoms with Gasteiger partial charge in [0.05, 0.1) is 0 Å². The summed E-state index contributed by atoms with van der Waals surface area (Å²) >= 11 is 0. The van der Waals surface area contributed by atoms with E-state index in [0.29, 0.717) is 56.9 Å². The predicted molar refractivity (Wildman–Crippen MR) is 107 cm³/mol. The molecule has 0 spiro atoms. The van der Waals surface area contributed by atoms with Crippen LogP contribution in [0, 0.1) is 11.8 Å². The van der Waals surface area contributed by atoms with Crippen molar-refractivity contribution >= 4 is 16.2 Å². The number of carbonyl (C=O) groups excluding carboxylic acids is 1. The minimum atomic E-state index is -3.39. The maximum Gasteiger partial charge on any atom is 0.315 e. The van der Waals surface area contributed by atoms with E-state index in [2.05, 4.69) is 24.5 Å². The summed E-state index contributed by atoms with van der Waals surface area (Å²) in [5.74, 6) is 0.817. The maximum atomic E-state index is 13.0. The van der Waals surface area contributed by atoms with Crippen LogP contribution in [0.3, 0.4) is 0 Å². The van der Waals surface area contributed by atoms with E-state index < -0.39 is 10.2 Å². The topological polar surface area (TPSA) is 81.8 Å². The Morgan fingerprint density at radius 3 is 1.89 bits per heavy atom. The summed E-state index contributed by atoms with van der Waals surface area (Å²) in [4.78, 5) is 12.2. The van der Waals surface area contributed by atoms with E-state index in [1.165, 1.54) is 19.3 Å². The van der Waals surface area contributed by atoms with Crippen LogP contribution < -0.4 is 10.6 Å². The Morgan fingerprint density at radius 2 is 1.33 bits per heavy atom. The van der Waals surface area contributed by atoms with Crippen molar-refractivity contribution in [3.8, 4) is 0 Å². The van der Waals surface area contributed by atoms with Gasteiger partial charge in [0.15, 0.2) is 0 Å². The zero-order valence-corrected chi connectivity index (χ0v) is 17.6. The van der Waals surface area contributed by atoms with Crippen LogP contribution >= 0.6 is 0 Å². The van der Waals surface area contributed by atoms with Gasteiger partial charge in [-0.25, -0.2) is 4.79 Å². The second-order valence-electron chi connectivity index (χ2n) is 8.90. The van der Waals surface area contributed by atoms with Crippen LogP contribution in [0.25, 0.3) is 0 Å². The van der Waals surface area contributed by atoms with Crippen LogP contribution in [0.1, 0.15) is 65.2 Å². The molecule has 2 heterocycles. The SMILES string of the molecule is C[C@@H]1C[C@H](C)CN(S(=O)(=O)N2CCC(NC(=O)NC3CCCCC3)CC2)C1. The van der Waals surface area contributed by atoms with Gasteiger partial charge in [0.25, 0.3) is 10.2 Å². The summed E-state index contributed by atoms with van der Waals surface area (Å²) < 4.78 is 29.2. The van der Waals surface area contributed by atoms with Gasteiger partial charge < -0.3 is 10.6 Å². The van der Waals surface area contributed by atoms with Gasteiger partial charge in [0, 0.05) is 38.3 Å². The number of amides is 2. The first kappa shape index (κ1) is 20.9. The molecule has 2 atom stereocenters. The number of nitrogens with one attached hydrogen (secondary N) is 2. The second-order valence-corrected chi connectivity index (χ2v) is 10.8. The lowest BCUT2D eigenvalue weighted by Gasteiger charge is -2.39. The smallest absolute Gasteiger partial charge is 0.315 e. The number of hydrogen-bond donors (Lipinski definition) is 2. The lowest BCUT2D eigenvalue weighted by molar-refractivity contribution is 0.197. The van der Waals surface area contributed by atoms with Crippen molar-refractivity contribution in [2.45, 2.75) is 77.3 Å². The zero-order valence-electron chi connectivity index (χ0n) is 16.8. The van der Waals surface area contributed by atoms with Crippen molar-refractivity contribution in [1.29, 1.82) is 0 Å². The third kappa shape index (κ3) is 5.57. The van der Waals surface area contributed by atoms with Crippen molar-refractivity contribution in [3.05, 3.63) is 0 Å². The number of rotatable bonds is 4. The lowest BCUT2D eigenvalue weighted by Crippen LogP contribution is -2.54. The first-order valence-corrected chi connectivity index (χ1v) is 12.1. The molecule has 0 aromatic rings. The molecular weight excluding hydrogens is 364 g/mol. The molecule has 0 bridgehead atoms. The summed E-state index contributed by atoms with van der Waals surface area (Å²) in [6, 6.07) is 0.253. The molecule has 0 unspecified atom stereocenters. The minimum absolute atomic E-state index is 0.0549. The number of carbonyl (C=O) groups is 1. The summed E-state index contributed by atoms with van der Waals surface area (Å²) in [7, 11) is -3.39. The van der Waals surface area contributed by atoms with Gasteiger partial charge in [0.1, 0.15) is 0 Å². The summed E-state index contributed by atoms with van der Waals surface area (Å²) in [6.07, 6.45) is 8.22. The van der Waals surface area contributed by atoms with Crippen LogP contribution in [0.4, 0.5) is 4.79 Å². The lowest BCUT2D eigenvalue weighted by atomic mass is 9.94. The molecule has 2 saturated heterocycles. The van der Waals surface area contributed by atoms with E-state index in [1.54, 1.807) is 8.61 Å². The van der Waals surface area contributed by atoms with Gasteiger partial charge in [-0.15, -0.1) is 0 Å². The molecule has 1 aliphatic carbocycles. The molecule has 0 aromatic carbocycles. The molecule has 2 N–H and O–H groups in total. The molecule has 8 heteroatoms. The van der Waals surface area contributed by atoms with E-state index in [4.69, 9.17) is 0 Å². The highest BCUT2D eigenvalue weighted by atomic mass is 32.2. The van der Waals surface area contributed by atoms with E-state index >= 15 is 0 Å². The van der Waals surface area contributed by atoms with Gasteiger partial charge in [-0.1, -0.05) is 33.1 Å². The molecule has 2 amide bonds. The summed E-state index contributed by atoms with van der Waals surface area (Å²) in [5.41, 5.74) is 0. The first-order chi connectivity index (χ1) is 12.8. The number of urea groups is 1. The highest BCUT2D eigenvalue weighted by Crippen LogP contribution is 2.26. The van der Waals surface area contributed by atoms with Crippen molar-refractivity contribution in [2.75, 3.05) is 26.2 Å². The third-order valence-corrected chi connectivity index (χ3v) is 8.19. The van der Waals surface area contributed by atoms with Crippen LogP contribution in [0.5, 0.6) is 0 Å². The summed E-state index contributed by atoms with van der Waals surface area (Å²) in [5, 5.41) is 6.13. The van der Waals surface area contributed by atoms with E-state index in [1.807, 2.05) is 0 Å². The van der Waals surface area contributed by atoms with Gasteiger partial charge in [-0.05, 0) is 43.9 Å². The van der Waals surface area contributed by atoms with Gasteiger partial charge in [-0.3, -0.25) is 0 Å². The zero-order chi connectivity index (χ0) is 19.4. The van der Waals surface area contributed by atoms with Gasteiger partial charge >= 0.3 is 6.03 Å². The predicted octanol–water partition coefficient (Wildman–Crippen LogP) is 2.31. The fraction of sp³-hybridized carbons (Fsp3) is 0.947. The number of nitrogens with zero attached hydrogens (tertiary/aromatic N) is 2. The largest absolute Gasteiger partial charge is 0.335 e. The Bertz CT molecular complexity index is 588. The minimum Gasteiger partial charge on any atom is -0.335 e. The van der Waals surface area contributed by atoms with E-state index in [9.17, 15) is 13.2 Å². The standard InChI is InChI=1S/C19H36N4O3S/c1-15-12-16(2)14-23(13-15)27(25,26)22-10-8-18(9-11-22)21-19(24)20-17-6-4-3-5-7-17/h15-18H,3-14H2,1-2H3,(H2,20,21,24)/t15-,16+. The monoisotopic (exact) mass is 400 g/mol. The molecule has 3 aliphatic rings. The highest BCUT2D eigenvalue weighted by Gasteiger charge is 2.36. The van der Waals surface area contributed by atoms with Crippen LogP contribution in [0.15, 0.2) is 0 Å². The molecule has 1 saturated carbocycles. The molecular formula is C19H36N4O3S. The van der Waals surface area contributed by atoms with Crippen molar-refractivity contribution < 1.29 is 13.2 Å². The molecule has 3 rings (SSSR count). The Balaban J connectivity index is 1.45. The fourth-order valence-corrected chi connectivity index (χ4v) is 6.73. The van der Waals surface area contributed by atoms with Crippen LogP contribution in [0.2, 0.25) is 0 Å². The van der Waals surface area contributed by atoms with Crippen molar-refractivity contribution in [1.82, 2.24) is 19.2 Å². The fourth-order valence-electron chi connectivity index (χ4n) is 4.85. The Kier molecular flexibility index (Phi) is 7.03. The van der Waals surface area contributed by atoms with Crippen molar-refractivity contribution in [2.24, 2.45) is 11.8 Å². The number of hydrogen-bond acceptors (Lipinski definition) is 3. The van der Waals surface area contributed by atoms with Crippen molar-refractivity contribution in [3.63, 3.8) is 0 Å². The molecule has 0 radical (unpaired) electrons. The van der Waals surface area contributed by atoms with Crippen LogP contribution in [-0.2, 0) is 10.2 Å². The van der Waals surface area contributed by atoms with Gasteiger partial charge in [-0.2, -0.15) is 17.0 Å². The van der Waals surface area contributed by atoms with Crippen LogP contribution in [-0.4, -0.2) is 61.3 Å². The Morgan fingerprint density at radius 1 is 0.815 bits per heavy atom. The first-order valence-electron chi connectivity index (χ1n) is 10.7. The summed E-state index contributed by atoms with van der Waals surface area (Å²) in [6.45, 7) is 6.45. The molecule has 156 valence electrons. The molecule has 7 nitrogen and oxygen atoms in total. The average Bonchev–Trinajstić information content (AvgIpc) is 2.62. The van der Waals surface area contributed by atoms with Gasteiger partial charge in [0.2, 0.25) is 0 Å². The highest BCUT2D eigenvalue weighted by molar-refractivity contribution is 7.86. The van der Waals surface area contributed by atoms with E-state index in [-0.39, 0.29) is 12.1 Å². The maximum absolute atomic E-state index is 13.0. The molecule has 2 aliphatic heterocycles. The Labute approximate surface area is 164 Å². The third-order valence-electron chi connectivity index (χ3n) is 6.22. The van der Waals surface area contributed by atoms with E-state index in [0.717, 1.165) is 19.3 Å². The molecule has 27 heavy (non-hydrogen) atoms. The average molecular weight is 401 g/mol. The quantitative estimate of drug-likeness (QED) is 0.760. The second kappa shape index (κ2) is 9.09. The Hall–Kier alpha value is -0.860. The number of piperidine rings is 2. The molecule has 3 fully saturated rings. The normalized spacial score (nSPS) is 30.1.